The maximum absolute atomic E-state index is 12.2. The van der Waals surface area contributed by atoms with E-state index in [-0.39, 0.29) is 11.6 Å². The number of likely N-dealkylation sites (N-methyl/N-ethyl adjacent to an activating group) is 1. The molecule has 0 radical (unpaired) electrons. The Balaban J connectivity index is 1.90. The third-order valence-electron chi connectivity index (χ3n) is 3.32. The second-order valence-electron chi connectivity index (χ2n) is 4.95. The predicted molar refractivity (Wildman–Crippen MR) is 81.4 cm³/mol. The van der Waals surface area contributed by atoms with Crippen molar-refractivity contribution in [1.29, 1.82) is 0 Å². The molecular formula is C15H20N4O2. The minimum atomic E-state index is -0.217. The lowest BCUT2D eigenvalue weighted by molar-refractivity contribution is 0.0769. The van der Waals surface area contributed by atoms with Crippen LogP contribution in [0.25, 0.3) is 0 Å². The van der Waals surface area contributed by atoms with E-state index in [0.29, 0.717) is 24.5 Å². The highest BCUT2D eigenvalue weighted by atomic mass is 16.5. The smallest absolute Gasteiger partial charge is 0.276 e. The lowest BCUT2D eigenvalue weighted by Gasteiger charge is -2.17. The number of carbonyl (C=O) groups excluding carboxylic acids is 1. The van der Waals surface area contributed by atoms with Crippen LogP contribution in [0.2, 0.25) is 0 Å². The van der Waals surface area contributed by atoms with Crippen LogP contribution in [0.3, 0.4) is 0 Å². The molecule has 6 nitrogen and oxygen atoms in total. The summed E-state index contributed by atoms with van der Waals surface area (Å²) in [5.41, 5.74) is 8.22. The fraction of sp³-hybridized carbons (Fsp3) is 0.333. The van der Waals surface area contributed by atoms with Crippen molar-refractivity contribution >= 4 is 11.6 Å². The van der Waals surface area contributed by atoms with E-state index < -0.39 is 0 Å². The number of H-pyrrole nitrogens is 1. The molecule has 0 aliphatic heterocycles. The van der Waals surface area contributed by atoms with E-state index >= 15 is 0 Å². The number of nitrogen functional groups attached to an aromatic ring is 1. The molecule has 0 spiro atoms. The second-order valence-corrected chi connectivity index (χ2v) is 4.95. The molecule has 0 fully saturated rings. The molecule has 6 heteroatoms. The number of carbonyl (C=O) groups is 1. The van der Waals surface area contributed by atoms with E-state index in [1.54, 1.807) is 18.9 Å². The molecule has 1 aromatic carbocycles. The summed E-state index contributed by atoms with van der Waals surface area (Å²) in [7, 11) is 1.70. The van der Waals surface area contributed by atoms with Crippen LogP contribution in [0.1, 0.15) is 21.7 Å². The monoisotopic (exact) mass is 288 g/mol. The van der Waals surface area contributed by atoms with Crippen molar-refractivity contribution in [2.45, 2.75) is 13.8 Å². The highest BCUT2D eigenvalue weighted by Crippen LogP contribution is 2.16. The van der Waals surface area contributed by atoms with Gasteiger partial charge in [0, 0.05) is 7.05 Å². The van der Waals surface area contributed by atoms with Gasteiger partial charge in [-0.05, 0) is 25.5 Å². The highest BCUT2D eigenvalue weighted by molar-refractivity contribution is 5.97. The zero-order valence-electron chi connectivity index (χ0n) is 12.5. The van der Waals surface area contributed by atoms with E-state index in [4.69, 9.17) is 10.5 Å². The second kappa shape index (κ2) is 6.30. The standard InChI is InChI=1S/C15H20N4O2/c1-10-6-4-5-7-12(10)21-9-8-19(3)15(20)14-13(16)11(2)17-18-14/h4-7H,8-9,16H2,1-3H3,(H,17,18). The van der Waals surface area contributed by atoms with Crippen LogP contribution in [-0.4, -0.2) is 41.2 Å². The molecule has 3 N–H and O–H groups in total. The van der Waals surface area contributed by atoms with Gasteiger partial charge >= 0.3 is 0 Å². The van der Waals surface area contributed by atoms with Crippen LogP contribution >= 0.6 is 0 Å². The molecule has 0 aliphatic carbocycles. The van der Waals surface area contributed by atoms with Crippen molar-refractivity contribution in [2.24, 2.45) is 0 Å². The third-order valence-corrected chi connectivity index (χ3v) is 3.32. The van der Waals surface area contributed by atoms with Crippen molar-refractivity contribution in [1.82, 2.24) is 15.1 Å². The number of nitrogens with one attached hydrogen (secondary N) is 1. The third kappa shape index (κ3) is 3.34. The Morgan fingerprint density at radius 1 is 1.38 bits per heavy atom. The molecule has 0 atom stereocenters. The SMILES string of the molecule is Cc1ccccc1OCCN(C)C(=O)c1n[nH]c(C)c1N. The first-order valence-electron chi connectivity index (χ1n) is 6.75. The fourth-order valence-electron chi connectivity index (χ4n) is 1.89. The van der Waals surface area contributed by atoms with Gasteiger partial charge in [-0.2, -0.15) is 5.10 Å². The minimum Gasteiger partial charge on any atom is -0.491 e. The molecule has 0 saturated carbocycles. The number of amides is 1. The van der Waals surface area contributed by atoms with Crippen molar-refractivity contribution in [2.75, 3.05) is 25.9 Å². The molecule has 2 rings (SSSR count). The Morgan fingerprint density at radius 3 is 2.71 bits per heavy atom. The van der Waals surface area contributed by atoms with Gasteiger partial charge < -0.3 is 15.4 Å². The Labute approximate surface area is 123 Å². The average Bonchev–Trinajstić information content (AvgIpc) is 2.80. The number of benzene rings is 1. The lowest BCUT2D eigenvalue weighted by Crippen LogP contribution is -2.31. The molecule has 1 heterocycles. The van der Waals surface area contributed by atoms with Gasteiger partial charge in [0.2, 0.25) is 0 Å². The number of para-hydroxylation sites is 1. The summed E-state index contributed by atoms with van der Waals surface area (Å²) in [5, 5.41) is 6.64. The van der Waals surface area contributed by atoms with Gasteiger partial charge in [-0.1, -0.05) is 18.2 Å². The number of aryl methyl sites for hydroxylation is 2. The molecular weight excluding hydrogens is 268 g/mol. The zero-order chi connectivity index (χ0) is 15.4. The Kier molecular flexibility index (Phi) is 4.47. The predicted octanol–water partition coefficient (Wildman–Crippen LogP) is 1.76. The van der Waals surface area contributed by atoms with E-state index in [2.05, 4.69) is 10.2 Å². The molecule has 1 aromatic heterocycles. The molecule has 0 unspecified atom stereocenters. The fourth-order valence-corrected chi connectivity index (χ4v) is 1.89. The summed E-state index contributed by atoms with van der Waals surface area (Å²) in [6, 6.07) is 7.77. The molecule has 21 heavy (non-hydrogen) atoms. The first-order chi connectivity index (χ1) is 10.0. The van der Waals surface area contributed by atoms with Crippen LogP contribution in [0.15, 0.2) is 24.3 Å². The van der Waals surface area contributed by atoms with Gasteiger partial charge in [-0.3, -0.25) is 9.89 Å². The van der Waals surface area contributed by atoms with Gasteiger partial charge in [0.15, 0.2) is 5.69 Å². The number of hydrogen-bond acceptors (Lipinski definition) is 4. The number of ether oxygens (including phenoxy) is 1. The number of nitrogens with two attached hydrogens (primary N) is 1. The Bertz CT molecular complexity index is 636. The van der Waals surface area contributed by atoms with E-state index in [9.17, 15) is 4.79 Å². The maximum atomic E-state index is 12.2. The molecule has 112 valence electrons. The van der Waals surface area contributed by atoms with Crippen molar-refractivity contribution in [3.05, 3.63) is 41.2 Å². The van der Waals surface area contributed by atoms with Crippen LogP contribution < -0.4 is 10.5 Å². The number of anilines is 1. The summed E-state index contributed by atoms with van der Waals surface area (Å²) >= 11 is 0. The number of aromatic amines is 1. The normalized spacial score (nSPS) is 10.4. The van der Waals surface area contributed by atoms with Crippen molar-refractivity contribution < 1.29 is 9.53 Å². The summed E-state index contributed by atoms with van der Waals surface area (Å²) in [5.74, 6) is 0.610. The minimum absolute atomic E-state index is 0.217. The first kappa shape index (κ1) is 14.9. The van der Waals surface area contributed by atoms with Gasteiger partial charge in [0.25, 0.3) is 5.91 Å². The van der Waals surface area contributed by atoms with Crippen molar-refractivity contribution in [3.8, 4) is 5.75 Å². The highest BCUT2D eigenvalue weighted by Gasteiger charge is 2.19. The van der Waals surface area contributed by atoms with E-state index in [1.807, 2.05) is 31.2 Å². The maximum Gasteiger partial charge on any atom is 0.276 e. The summed E-state index contributed by atoms with van der Waals surface area (Å²) in [6.45, 7) is 4.63. The van der Waals surface area contributed by atoms with Crippen LogP contribution in [0, 0.1) is 13.8 Å². The topological polar surface area (TPSA) is 84.2 Å². The molecule has 2 aromatic rings. The quantitative estimate of drug-likeness (QED) is 0.878. The van der Waals surface area contributed by atoms with Gasteiger partial charge in [0.05, 0.1) is 17.9 Å². The van der Waals surface area contributed by atoms with Gasteiger partial charge in [-0.15, -0.1) is 0 Å². The summed E-state index contributed by atoms with van der Waals surface area (Å²) < 4.78 is 5.68. The van der Waals surface area contributed by atoms with Gasteiger partial charge in [0.1, 0.15) is 12.4 Å². The van der Waals surface area contributed by atoms with Crippen molar-refractivity contribution in [3.63, 3.8) is 0 Å². The molecule has 0 saturated heterocycles. The zero-order valence-corrected chi connectivity index (χ0v) is 12.5. The molecule has 1 amide bonds. The number of nitrogens with zero attached hydrogens (tertiary/aromatic N) is 2. The first-order valence-corrected chi connectivity index (χ1v) is 6.75. The Hall–Kier alpha value is -2.50. The van der Waals surface area contributed by atoms with Gasteiger partial charge in [-0.25, -0.2) is 0 Å². The van der Waals surface area contributed by atoms with Crippen LogP contribution in [0.4, 0.5) is 5.69 Å². The average molecular weight is 288 g/mol. The van der Waals surface area contributed by atoms with E-state index in [1.165, 1.54) is 0 Å². The van der Waals surface area contributed by atoms with Crippen LogP contribution in [0.5, 0.6) is 5.75 Å². The van der Waals surface area contributed by atoms with Crippen LogP contribution in [-0.2, 0) is 0 Å². The number of hydrogen-bond donors (Lipinski definition) is 2. The lowest BCUT2D eigenvalue weighted by atomic mass is 10.2. The molecule has 0 bridgehead atoms. The van der Waals surface area contributed by atoms with E-state index in [0.717, 1.165) is 11.3 Å². The molecule has 0 aliphatic rings. The number of rotatable bonds is 5. The summed E-state index contributed by atoms with van der Waals surface area (Å²) in [4.78, 5) is 13.7. The largest absolute Gasteiger partial charge is 0.491 e. The summed E-state index contributed by atoms with van der Waals surface area (Å²) in [6.07, 6.45) is 0. The number of aromatic nitrogens is 2. The Morgan fingerprint density at radius 2 is 2.10 bits per heavy atom.